The first-order valence-corrected chi connectivity index (χ1v) is 5.44. The molecule has 1 unspecified atom stereocenters. The number of carbonyl (C=O) groups excluding carboxylic acids is 1. The minimum absolute atomic E-state index is 0.0962. The maximum absolute atomic E-state index is 10.9. The number of rotatable bonds is 4. The number of amides is 1. The van der Waals surface area contributed by atoms with Gasteiger partial charge in [0.15, 0.2) is 5.11 Å². The Labute approximate surface area is 89.8 Å². The minimum atomic E-state index is 0.0962. The highest BCUT2D eigenvalue weighted by molar-refractivity contribution is 7.80. The van der Waals surface area contributed by atoms with Crippen molar-refractivity contribution in [2.75, 3.05) is 13.1 Å². The van der Waals surface area contributed by atoms with E-state index in [0.717, 1.165) is 19.4 Å². The summed E-state index contributed by atoms with van der Waals surface area (Å²) in [5.41, 5.74) is 0. The zero-order valence-electron chi connectivity index (χ0n) is 8.43. The lowest BCUT2D eigenvalue weighted by molar-refractivity contribution is -0.119. The maximum Gasteiger partial charge on any atom is 0.222 e. The minimum Gasteiger partial charge on any atom is -0.363 e. The topological polar surface area (TPSA) is 53.2 Å². The molecule has 1 aliphatic rings. The van der Waals surface area contributed by atoms with Crippen LogP contribution in [0.1, 0.15) is 26.2 Å². The summed E-state index contributed by atoms with van der Waals surface area (Å²) in [5, 5.41) is 9.62. The molecule has 0 aliphatic carbocycles. The molecule has 1 heterocycles. The third kappa shape index (κ3) is 3.91. The summed E-state index contributed by atoms with van der Waals surface area (Å²) in [5.74, 6) is 0.0962. The summed E-state index contributed by atoms with van der Waals surface area (Å²) in [6.07, 6.45) is 2.79. The first-order valence-electron chi connectivity index (χ1n) is 5.03. The third-order valence-electron chi connectivity index (χ3n) is 2.13. The van der Waals surface area contributed by atoms with E-state index >= 15 is 0 Å². The highest BCUT2D eigenvalue weighted by Crippen LogP contribution is 1.98. The molecule has 1 atom stereocenters. The zero-order chi connectivity index (χ0) is 10.4. The summed E-state index contributed by atoms with van der Waals surface area (Å²) in [6.45, 7) is 3.71. The molecule has 1 amide bonds. The van der Waals surface area contributed by atoms with Crippen molar-refractivity contribution >= 4 is 23.2 Å². The normalized spacial score (nSPS) is 20.4. The van der Waals surface area contributed by atoms with Crippen LogP contribution in [0.3, 0.4) is 0 Å². The Hall–Kier alpha value is -0.840. The Balaban J connectivity index is 2.11. The van der Waals surface area contributed by atoms with Crippen molar-refractivity contribution in [1.82, 2.24) is 16.0 Å². The van der Waals surface area contributed by atoms with E-state index in [1.54, 1.807) is 0 Å². The molecule has 0 bridgehead atoms. The second kappa shape index (κ2) is 5.80. The van der Waals surface area contributed by atoms with Gasteiger partial charge in [-0.25, -0.2) is 0 Å². The fourth-order valence-electron chi connectivity index (χ4n) is 1.32. The van der Waals surface area contributed by atoms with E-state index in [4.69, 9.17) is 12.2 Å². The summed E-state index contributed by atoms with van der Waals surface area (Å²) in [4.78, 5) is 10.9. The van der Waals surface area contributed by atoms with Crippen LogP contribution in [0, 0.1) is 0 Å². The molecule has 1 saturated heterocycles. The quantitative estimate of drug-likeness (QED) is 0.461. The van der Waals surface area contributed by atoms with Gasteiger partial charge in [-0.2, -0.15) is 0 Å². The van der Waals surface area contributed by atoms with Crippen LogP contribution >= 0.6 is 12.2 Å². The van der Waals surface area contributed by atoms with Gasteiger partial charge in [0.05, 0.1) is 6.04 Å². The van der Waals surface area contributed by atoms with Crippen molar-refractivity contribution < 1.29 is 4.79 Å². The monoisotopic (exact) mass is 215 g/mol. The van der Waals surface area contributed by atoms with Crippen LogP contribution in [-0.4, -0.2) is 30.2 Å². The molecule has 5 heteroatoms. The van der Waals surface area contributed by atoms with Crippen molar-refractivity contribution in [3.05, 3.63) is 0 Å². The molecule has 3 N–H and O–H groups in total. The molecule has 14 heavy (non-hydrogen) atoms. The third-order valence-corrected chi connectivity index (χ3v) is 2.39. The van der Waals surface area contributed by atoms with Crippen LogP contribution in [0.15, 0.2) is 0 Å². The fraction of sp³-hybridized carbons (Fsp3) is 0.778. The summed E-state index contributed by atoms with van der Waals surface area (Å²) >= 11 is 5.08. The van der Waals surface area contributed by atoms with Crippen LogP contribution < -0.4 is 16.0 Å². The van der Waals surface area contributed by atoms with Crippen LogP contribution in [0.4, 0.5) is 0 Å². The van der Waals surface area contributed by atoms with Crippen molar-refractivity contribution in [3.63, 3.8) is 0 Å². The van der Waals surface area contributed by atoms with Gasteiger partial charge in [-0.1, -0.05) is 13.3 Å². The first-order chi connectivity index (χ1) is 6.72. The van der Waals surface area contributed by atoms with E-state index in [1.807, 2.05) is 0 Å². The lowest BCUT2D eigenvalue weighted by atomic mass is 10.3. The van der Waals surface area contributed by atoms with Gasteiger partial charge in [0.2, 0.25) is 5.91 Å². The van der Waals surface area contributed by atoms with Crippen molar-refractivity contribution in [2.24, 2.45) is 0 Å². The number of nitrogens with one attached hydrogen (secondary N) is 3. The van der Waals surface area contributed by atoms with E-state index < -0.39 is 0 Å². The van der Waals surface area contributed by atoms with Gasteiger partial charge in [-0.05, 0) is 18.6 Å². The standard InChI is InChI=1S/C9H17N3OS/c1-2-3-4-10-9(14)12-7-5-8(13)11-6-7/h7H,2-6H2,1H3,(H,11,13)(H2,10,12,14). The molecular formula is C9H17N3OS. The van der Waals surface area contributed by atoms with E-state index in [-0.39, 0.29) is 11.9 Å². The Bertz CT molecular complexity index is 220. The zero-order valence-corrected chi connectivity index (χ0v) is 9.25. The molecule has 80 valence electrons. The van der Waals surface area contributed by atoms with Crippen LogP contribution in [0.5, 0.6) is 0 Å². The number of thiocarbonyl (C=S) groups is 1. The van der Waals surface area contributed by atoms with Gasteiger partial charge in [0.25, 0.3) is 0 Å². The van der Waals surface area contributed by atoms with Crippen LogP contribution in [0.25, 0.3) is 0 Å². The summed E-state index contributed by atoms with van der Waals surface area (Å²) in [7, 11) is 0. The van der Waals surface area contributed by atoms with Crippen LogP contribution in [-0.2, 0) is 4.79 Å². The number of hydrogen-bond acceptors (Lipinski definition) is 2. The number of unbranched alkanes of at least 4 members (excludes halogenated alkanes) is 1. The molecule has 0 spiro atoms. The Kier molecular flexibility index (Phi) is 4.65. The lowest BCUT2D eigenvalue weighted by Gasteiger charge is -2.14. The summed E-state index contributed by atoms with van der Waals surface area (Å²) < 4.78 is 0. The highest BCUT2D eigenvalue weighted by atomic mass is 32.1. The molecule has 1 aliphatic heterocycles. The van der Waals surface area contributed by atoms with Gasteiger partial charge in [0, 0.05) is 19.5 Å². The molecular weight excluding hydrogens is 198 g/mol. The van der Waals surface area contributed by atoms with Crippen molar-refractivity contribution in [3.8, 4) is 0 Å². The predicted molar refractivity (Wildman–Crippen MR) is 60.1 cm³/mol. The smallest absolute Gasteiger partial charge is 0.222 e. The first kappa shape index (κ1) is 11.2. The summed E-state index contributed by atoms with van der Waals surface area (Å²) in [6, 6.07) is 0.157. The van der Waals surface area contributed by atoms with Gasteiger partial charge in [-0.15, -0.1) is 0 Å². The van der Waals surface area contributed by atoms with E-state index in [0.29, 0.717) is 18.1 Å². The molecule has 4 nitrogen and oxygen atoms in total. The second-order valence-electron chi connectivity index (χ2n) is 3.46. The average molecular weight is 215 g/mol. The second-order valence-corrected chi connectivity index (χ2v) is 3.87. The van der Waals surface area contributed by atoms with E-state index in [9.17, 15) is 4.79 Å². The van der Waals surface area contributed by atoms with E-state index in [1.165, 1.54) is 0 Å². The molecule has 1 fully saturated rings. The van der Waals surface area contributed by atoms with E-state index in [2.05, 4.69) is 22.9 Å². The molecule has 0 saturated carbocycles. The molecule has 1 rings (SSSR count). The highest BCUT2D eigenvalue weighted by Gasteiger charge is 2.21. The molecule has 0 aromatic carbocycles. The average Bonchev–Trinajstić information content (AvgIpc) is 2.52. The van der Waals surface area contributed by atoms with Gasteiger partial charge in [-0.3, -0.25) is 4.79 Å². The molecule has 0 aromatic heterocycles. The van der Waals surface area contributed by atoms with Gasteiger partial charge >= 0.3 is 0 Å². The largest absolute Gasteiger partial charge is 0.363 e. The van der Waals surface area contributed by atoms with Gasteiger partial charge < -0.3 is 16.0 Å². The fourth-order valence-corrected chi connectivity index (χ4v) is 1.59. The van der Waals surface area contributed by atoms with Crippen molar-refractivity contribution in [2.45, 2.75) is 32.2 Å². The SMILES string of the molecule is CCCCNC(=S)NC1CNC(=O)C1. The maximum atomic E-state index is 10.9. The number of carbonyl (C=O) groups is 1. The molecule has 0 aromatic rings. The van der Waals surface area contributed by atoms with Gasteiger partial charge in [0.1, 0.15) is 0 Å². The Morgan fingerprint density at radius 3 is 3.07 bits per heavy atom. The Morgan fingerprint density at radius 2 is 2.50 bits per heavy atom. The van der Waals surface area contributed by atoms with Crippen LogP contribution in [0.2, 0.25) is 0 Å². The lowest BCUT2D eigenvalue weighted by Crippen LogP contribution is -2.43. The number of hydrogen-bond donors (Lipinski definition) is 3. The van der Waals surface area contributed by atoms with Crippen molar-refractivity contribution in [1.29, 1.82) is 0 Å². The predicted octanol–water partition coefficient (Wildman–Crippen LogP) is 0.139. The Morgan fingerprint density at radius 1 is 1.71 bits per heavy atom. The molecule has 0 radical (unpaired) electrons.